The van der Waals surface area contributed by atoms with Crippen molar-refractivity contribution >= 4 is 17.9 Å². The number of amides is 3. The lowest BCUT2D eigenvalue weighted by molar-refractivity contribution is -0.136. The van der Waals surface area contributed by atoms with Crippen LogP contribution < -0.4 is 15.4 Å². The van der Waals surface area contributed by atoms with Crippen LogP contribution in [0.5, 0.6) is 5.75 Å². The van der Waals surface area contributed by atoms with Crippen LogP contribution in [0, 0.1) is 0 Å². The van der Waals surface area contributed by atoms with Crippen LogP contribution in [0.25, 0.3) is 0 Å². The fraction of sp³-hybridized carbons (Fsp3) is 0.421. The third kappa shape index (κ3) is 3.89. The molecule has 2 heterocycles. The molecule has 2 N–H and O–H groups in total. The van der Waals surface area contributed by atoms with E-state index in [1.807, 2.05) is 6.92 Å². The number of benzene rings is 1. The van der Waals surface area contributed by atoms with Gasteiger partial charge in [0.25, 0.3) is 0 Å². The van der Waals surface area contributed by atoms with E-state index >= 15 is 0 Å². The minimum Gasteiger partial charge on any atom is -0.497 e. The fourth-order valence-corrected chi connectivity index (χ4v) is 3.13. The number of carbonyl (C=O) groups is 3. The summed E-state index contributed by atoms with van der Waals surface area (Å²) in [7, 11) is 1.57. The number of ether oxygens (including phenoxy) is 2. The maximum absolute atomic E-state index is 12.6. The van der Waals surface area contributed by atoms with Gasteiger partial charge in [-0.2, -0.15) is 0 Å². The number of rotatable bonds is 7. The largest absolute Gasteiger partial charge is 0.497 e. The SMILES string of the molecule is CCCCNC(=O)CN1C(=O)NC(c2ccc(OC)cc2)C2=C1COC2=O. The van der Waals surface area contributed by atoms with E-state index < -0.39 is 18.0 Å². The molecule has 1 unspecified atom stereocenters. The predicted molar refractivity (Wildman–Crippen MR) is 96.9 cm³/mol. The Kier molecular flexibility index (Phi) is 5.63. The molecule has 8 nitrogen and oxygen atoms in total. The quantitative estimate of drug-likeness (QED) is 0.558. The lowest BCUT2D eigenvalue weighted by atomic mass is 9.95. The summed E-state index contributed by atoms with van der Waals surface area (Å²) < 4.78 is 10.3. The van der Waals surface area contributed by atoms with Crippen molar-refractivity contribution in [1.29, 1.82) is 0 Å². The number of nitrogens with one attached hydrogen (secondary N) is 2. The first kappa shape index (κ1) is 18.8. The molecule has 0 aliphatic carbocycles. The molecule has 3 amide bonds. The minimum absolute atomic E-state index is 0.0174. The van der Waals surface area contributed by atoms with E-state index in [9.17, 15) is 14.4 Å². The highest BCUT2D eigenvalue weighted by molar-refractivity contribution is 5.98. The third-order valence-corrected chi connectivity index (χ3v) is 4.60. The van der Waals surface area contributed by atoms with Crippen molar-refractivity contribution in [3.63, 3.8) is 0 Å². The molecule has 1 aromatic rings. The Morgan fingerprint density at radius 1 is 1.33 bits per heavy atom. The molecule has 2 aliphatic heterocycles. The van der Waals surface area contributed by atoms with Gasteiger partial charge in [0.2, 0.25) is 5.91 Å². The highest BCUT2D eigenvalue weighted by atomic mass is 16.5. The number of nitrogens with zero attached hydrogens (tertiary/aromatic N) is 1. The summed E-state index contributed by atoms with van der Waals surface area (Å²) in [4.78, 5) is 38.3. The van der Waals surface area contributed by atoms with Gasteiger partial charge in [-0.1, -0.05) is 25.5 Å². The Morgan fingerprint density at radius 3 is 2.74 bits per heavy atom. The molecule has 1 atom stereocenters. The Balaban J connectivity index is 1.83. The van der Waals surface area contributed by atoms with Gasteiger partial charge in [0.15, 0.2) is 0 Å². The first-order valence-corrected chi connectivity index (χ1v) is 8.94. The molecular formula is C19H23N3O5. The monoisotopic (exact) mass is 373 g/mol. The molecule has 0 saturated heterocycles. The summed E-state index contributed by atoms with van der Waals surface area (Å²) >= 11 is 0. The Morgan fingerprint density at radius 2 is 2.07 bits per heavy atom. The second-order valence-electron chi connectivity index (χ2n) is 6.38. The van der Waals surface area contributed by atoms with Crippen molar-refractivity contribution < 1.29 is 23.9 Å². The number of carbonyl (C=O) groups excluding carboxylic acids is 3. The topological polar surface area (TPSA) is 97.0 Å². The molecule has 1 aromatic carbocycles. The van der Waals surface area contributed by atoms with Gasteiger partial charge < -0.3 is 20.1 Å². The molecule has 0 spiro atoms. The van der Waals surface area contributed by atoms with E-state index in [1.165, 1.54) is 4.90 Å². The van der Waals surface area contributed by atoms with E-state index in [-0.39, 0.29) is 19.1 Å². The summed E-state index contributed by atoms with van der Waals surface area (Å²) in [6.45, 7) is 2.42. The normalized spacial score (nSPS) is 18.7. The van der Waals surface area contributed by atoms with E-state index in [2.05, 4.69) is 10.6 Å². The highest BCUT2D eigenvalue weighted by Gasteiger charge is 2.42. The number of methoxy groups -OCH3 is 1. The van der Waals surface area contributed by atoms with E-state index in [0.717, 1.165) is 18.4 Å². The third-order valence-electron chi connectivity index (χ3n) is 4.60. The smallest absolute Gasteiger partial charge is 0.338 e. The van der Waals surface area contributed by atoms with Crippen molar-refractivity contribution in [3.05, 3.63) is 41.1 Å². The minimum atomic E-state index is -0.618. The molecule has 144 valence electrons. The zero-order chi connectivity index (χ0) is 19.4. The van der Waals surface area contributed by atoms with E-state index in [0.29, 0.717) is 23.6 Å². The summed E-state index contributed by atoms with van der Waals surface area (Å²) in [5, 5.41) is 5.58. The second-order valence-corrected chi connectivity index (χ2v) is 6.38. The molecule has 3 rings (SSSR count). The molecule has 0 fully saturated rings. The molecular weight excluding hydrogens is 350 g/mol. The van der Waals surface area contributed by atoms with Crippen molar-refractivity contribution in [1.82, 2.24) is 15.5 Å². The summed E-state index contributed by atoms with van der Waals surface area (Å²) in [6, 6.07) is 6.04. The van der Waals surface area contributed by atoms with Gasteiger partial charge in [0, 0.05) is 6.54 Å². The molecule has 27 heavy (non-hydrogen) atoms. The molecule has 2 aliphatic rings. The van der Waals surface area contributed by atoms with Crippen LogP contribution in [0.3, 0.4) is 0 Å². The van der Waals surface area contributed by atoms with Gasteiger partial charge in [-0.3, -0.25) is 9.69 Å². The standard InChI is InChI=1S/C19H23N3O5/c1-3-4-9-20-15(23)10-22-14-11-27-18(24)16(14)17(21-19(22)25)12-5-7-13(26-2)8-6-12/h5-8,17H,3-4,9-11H2,1-2H3,(H,20,23)(H,21,25). The van der Waals surface area contributed by atoms with Crippen LogP contribution in [0.15, 0.2) is 35.5 Å². The zero-order valence-electron chi connectivity index (χ0n) is 15.4. The summed E-state index contributed by atoms with van der Waals surface area (Å²) in [5.41, 5.74) is 1.54. The van der Waals surface area contributed by atoms with Gasteiger partial charge >= 0.3 is 12.0 Å². The van der Waals surface area contributed by atoms with Crippen molar-refractivity contribution in [2.75, 3.05) is 26.8 Å². The Bertz CT molecular complexity index is 772. The molecule has 0 radical (unpaired) electrons. The average Bonchev–Trinajstić information content (AvgIpc) is 3.06. The van der Waals surface area contributed by atoms with Gasteiger partial charge in [0.05, 0.1) is 24.4 Å². The Hall–Kier alpha value is -3.03. The van der Waals surface area contributed by atoms with Crippen LogP contribution in [0.4, 0.5) is 4.79 Å². The van der Waals surface area contributed by atoms with E-state index in [4.69, 9.17) is 9.47 Å². The predicted octanol–water partition coefficient (Wildman–Crippen LogP) is 1.49. The number of unbranched alkanes of at least 4 members (excludes halogenated alkanes) is 1. The van der Waals surface area contributed by atoms with Crippen molar-refractivity contribution in [2.24, 2.45) is 0 Å². The zero-order valence-corrected chi connectivity index (χ0v) is 15.4. The van der Waals surface area contributed by atoms with Crippen LogP contribution in [0.2, 0.25) is 0 Å². The van der Waals surface area contributed by atoms with Crippen molar-refractivity contribution in [3.8, 4) is 5.75 Å². The van der Waals surface area contributed by atoms with Crippen molar-refractivity contribution in [2.45, 2.75) is 25.8 Å². The summed E-state index contributed by atoms with van der Waals surface area (Å²) in [6.07, 6.45) is 1.83. The van der Waals surface area contributed by atoms with Crippen LogP contribution >= 0.6 is 0 Å². The molecule has 0 bridgehead atoms. The van der Waals surface area contributed by atoms with Gasteiger partial charge in [-0.15, -0.1) is 0 Å². The van der Waals surface area contributed by atoms with Gasteiger partial charge in [0.1, 0.15) is 18.9 Å². The molecule has 0 aromatic heterocycles. The Labute approximate surface area is 157 Å². The number of esters is 1. The molecule has 0 saturated carbocycles. The number of urea groups is 1. The van der Waals surface area contributed by atoms with Crippen LogP contribution in [0.1, 0.15) is 31.4 Å². The second kappa shape index (κ2) is 8.11. The number of hydrogen-bond donors (Lipinski definition) is 2. The number of cyclic esters (lactones) is 1. The van der Waals surface area contributed by atoms with Gasteiger partial charge in [-0.05, 0) is 24.1 Å². The maximum Gasteiger partial charge on any atom is 0.338 e. The van der Waals surface area contributed by atoms with Crippen LogP contribution in [-0.4, -0.2) is 49.6 Å². The number of hydrogen-bond acceptors (Lipinski definition) is 5. The summed E-state index contributed by atoms with van der Waals surface area (Å²) in [5.74, 6) is -0.0793. The maximum atomic E-state index is 12.6. The molecule has 8 heteroatoms. The average molecular weight is 373 g/mol. The highest BCUT2D eigenvalue weighted by Crippen LogP contribution is 2.35. The first-order chi connectivity index (χ1) is 13.0. The lowest BCUT2D eigenvalue weighted by Crippen LogP contribution is -2.50. The fourth-order valence-electron chi connectivity index (χ4n) is 3.13. The lowest BCUT2D eigenvalue weighted by Gasteiger charge is -2.32. The first-order valence-electron chi connectivity index (χ1n) is 8.94. The van der Waals surface area contributed by atoms with Crippen LogP contribution in [-0.2, 0) is 14.3 Å². The van der Waals surface area contributed by atoms with E-state index in [1.54, 1.807) is 31.4 Å². The van der Waals surface area contributed by atoms with Gasteiger partial charge in [-0.25, -0.2) is 9.59 Å².